The van der Waals surface area contributed by atoms with Gasteiger partial charge in [-0.1, -0.05) is 52.4 Å². The Morgan fingerprint density at radius 3 is 2.00 bits per heavy atom. The van der Waals surface area contributed by atoms with Crippen LogP contribution in [0.3, 0.4) is 0 Å². The number of carbonyl (C=O) groups is 2. The molecular formula is C15H30N2O2. The van der Waals surface area contributed by atoms with Crippen molar-refractivity contribution in [3.63, 3.8) is 0 Å². The molecule has 1 N–H and O–H groups in total. The van der Waals surface area contributed by atoms with Gasteiger partial charge < -0.3 is 5.32 Å². The van der Waals surface area contributed by atoms with Crippen LogP contribution in [0.2, 0.25) is 0 Å². The lowest BCUT2D eigenvalue weighted by Crippen LogP contribution is -2.43. The molecule has 4 nitrogen and oxygen atoms in total. The summed E-state index contributed by atoms with van der Waals surface area (Å²) in [6.45, 7) is 6.96. The van der Waals surface area contributed by atoms with Crippen LogP contribution in [-0.4, -0.2) is 29.9 Å². The summed E-state index contributed by atoms with van der Waals surface area (Å²) in [7, 11) is 0. The highest BCUT2D eigenvalue weighted by Crippen LogP contribution is 2.03. The van der Waals surface area contributed by atoms with Gasteiger partial charge in [-0.3, -0.25) is 9.69 Å². The highest BCUT2D eigenvalue weighted by Gasteiger charge is 2.16. The Morgan fingerprint density at radius 1 is 0.895 bits per heavy atom. The zero-order valence-corrected chi connectivity index (χ0v) is 12.8. The van der Waals surface area contributed by atoms with Crippen molar-refractivity contribution in [2.24, 2.45) is 0 Å². The topological polar surface area (TPSA) is 49.4 Å². The zero-order valence-electron chi connectivity index (χ0n) is 12.8. The summed E-state index contributed by atoms with van der Waals surface area (Å²) in [5.74, 6) is -0.164. The van der Waals surface area contributed by atoms with Gasteiger partial charge in [0.2, 0.25) is 5.91 Å². The average Bonchev–Trinajstić information content (AvgIpc) is 2.37. The summed E-state index contributed by atoms with van der Waals surface area (Å²) in [5, 5.41) is 2.83. The molecular weight excluding hydrogens is 240 g/mol. The van der Waals surface area contributed by atoms with Gasteiger partial charge in [0, 0.05) is 20.0 Å². The van der Waals surface area contributed by atoms with E-state index in [4.69, 9.17) is 0 Å². The molecule has 0 spiro atoms. The van der Waals surface area contributed by atoms with Crippen LogP contribution in [0.4, 0.5) is 4.79 Å². The molecule has 0 aromatic rings. The third kappa shape index (κ3) is 9.51. The molecule has 0 fully saturated rings. The van der Waals surface area contributed by atoms with Crippen molar-refractivity contribution >= 4 is 11.9 Å². The van der Waals surface area contributed by atoms with Crippen LogP contribution in [0.5, 0.6) is 0 Å². The van der Waals surface area contributed by atoms with Gasteiger partial charge in [-0.2, -0.15) is 0 Å². The van der Waals surface area contributed by atoms with Crippen molar-refractivity contribution in [3.05, 3.63) is 0 Å². The van der Waals surface area contributed by atoms with E-state index in [-0.39, 0.29) is 11.9 Å². The van der Waals surface area contributed by atoms with Gasteiger partial charge >= 0.3 is 6.03 Å². The first-order valence-corrected chi connectivity index (χ1v) is 7.69. The number of urea groups is 1. The van der Waals surface area contributed by atoms with Crippen LogP contribution in [0.25, 0.3) is 0 Å². The second kappa shape index (κ2) is 12.0. The van der Waals surface area contributed by atoms with Crippen LogP contribution >= 0.6 is 0 Å². The number of rotatable bonds is 10. The van der Waals surface area contributed by atoms with Crippen molar-refractivity contribution in [1.29, 1.82) is 0 Å². The second-order valence-corrected chi connectivity index (χ2v) is 5.02. The minimum Gasteiger partial charge on any atom is -0.338 e. The van der Waals surface area contributed by atoms with Crippen LogP contribution in [-0.2, 0) is 4.79 Å². The summed E-state index contributed by atoms with van der Waals surface area (Å²) in [4.78, 5) is 24.7. The van der Waals surface area contributed by atoms with Crippen molar-refractivity contribution < 1.29 is 9.59 Å². The van der Waals surface area contributed by atoms with Crippen molar-refractivity contribution in [2.75, 3.05) is 13.1 Å². The molecule has 19 heavy (non-hydrogen) atoms. The third-order valence-electron chi connectivity index (χ3n) is 3.17. The summed E-state index contributed by atoms with van der Waals surface area (Å²) >= 11 is 0. The van der Waals surface area contributed by atoms with Gasteiger partial charge in [0.05, 0.1) is 0 Å². The first-order valence-electron chi connectivity index (χ1n) is 7.69. The van der Waals surface area contributed by atoms with Gasteiger partial charge in [-0.05, 0) is 12.8 Å². The molecule has 0 heterocycles. The van der Waals surface area contributed by atoms with E-state index in [1.54, 1.807) is 0 Å². The number of nitrogens with zero attached hydrogens (tertiary/aromatic N) is 1. The SMILES string of the molecule is CCCCCCNC(=O)N(CCCCCC)C(C)=O. The van der Waals surface area contributed by atoms with Crippen LogP contribution in [0.1, 0.15) is 72.1 Å². The molecule has 0 unspecified atom stereocenters. The summed E-state index contributed by atoms with van der Waals surface area (Å²) in [6, 6.07) is -0.236. The number of amides is 3. The minimum atomic E-state index is -0.236. The Kier molecular flexibility index (Phi) is 11.3. The summed E-state index contributed by atoms with van der Waals surface area (Å²) in [5.41, 5.74) is 0. The molecule has 0 rings (SSSR count). The Balaban J connectivity index is 3.88. The molecule has 0 aromatic carbocycles. The normalized spacial score (nSPS) is 10.3. The smallest absolute Gasteiger partial charge is 0.324 e. The Labute approximate surface area is 117 Å². The lowest BCUT2D eigenvalue weighted by Gasteiger charge is -2.19. The lowest BCUT2D eigenvalue weighted by molar-refractivity contribution is -0.126. The highest BCUT2D eigenvalue weighted by atomic mass is 16.2. The Morgan fingerprint density at radius 2 is 1.47 bits per heavy atom. The maximum Gasteiger partial charge on any atom is 0.324 e. The summed E-state index contributed by atoms with van der Waals surface area (Å²) in [6.07, 6.45) is 8.79. The predicted molar refractivity (Wildman–Crippen MR) is 79.1 cm³/mol. The number of carbonyl (C=O) groups excluding carboxylic acids is 2. The average molecular weight is 270 g/mol. The molecule has 0 saturated carbocycles. The highest BCUT2D eigenvalue weighted by molar-refractivity contribution is 5.93. The molecule has 0 aromatic heterocycles. The molecule has 0 aliphatic heterocycles. The number of imide groups is 1. The number of nitrogens with one attached hydrogen (secondary N) is 1. The Bertz CT molecular complexity index is 255. The van der Waals surface area contributed by atoms with Crippen molar-refractivity contribution in [2.45, 2.75) is 72.1 Å². The largest absolute Gasteiger partial charge is 0.338 e. The minimum absolute atomic E-state index is 0.164. The monoisotopic (exact) mass is 270 g/mol. The van der Waals surface area contributed by atoms with E-state index >= 15 is 0 Å². The maximum absolute atomic E-state index is 11.9. The van der Waals surface area contributed by atoms with E-state index in [9.17, 15) is 9.59 Å². The first kappa shape index (κ1) is 17.9. The van der Waals surface area contributed by atoms with Crippen LogP contribution in [0.15, 0.2) is 0 Å². The predicted octanol–water partition coefficient (Wildman–Crippen LogP) is 3.71. The number of unbranched alkanes of at least 4 members (excludes halogenated alkanes) is 6. The molecule has 0 saturated heterocycles. The van der Waals surface area contributed by atoms with E-state index in [0.717, 1.165) is 38.5 Å². The molecule has 0 aliphatic carbocycles. The fraction of sp³-hybridized carbons (Fsp3) is 0.867. The molecule has 0 bridgehead atoms. The summed E-state index contributed by atoms with van der Waals surface area (Å²) < 4.78 is 0. The molecule has 0 aliphatic rings. The van der Waals surface area contributed by atoms with Gasteiger partial charge in [-0.25, -0.2) is 4.79 Å². The van der Waals surface area contributed by atoms with E-state index in [0.29, 0.717) is 13.1 Å². The van der Waals surface area contributed by atoms with Gasteiger partial charge in [0.25, 0.3) is 0 Å². The van der Waals surface area contributed by atoms with Gasteiger partial charge in [0.15, 0.2) is 0 Å². The first-order chi connectivity index (χ1) is 9.13. The van der Waals surface area contributed by atoms with E-state index in [1.807, 2.05) is 0 Å². The van der Waals surface area contributed by atoms with E-state index in [1.165, 1.54) is 24.7 Å². The van der Waals surface area contributed by atoms with Crippen molar-refractivity contribution in [3.8, 4) is 0 Å². The van der Waals surface area contributed by atoms with Crippen LogP contribution < -0.4 is 5.32 Å². The maximum atomic E-state index is 11.9. The fourth-order valence-electron chi connectivity index (χ4n) is 1.94. The quantitative estimate of drug-likeness (QED) is 0.615. The van der Waals surface area contributed by atoms with E-state index in [2.05, 4.69) is 19.2 Å². The molecule has 112 valence electrons. The fourth-order valence-corrected chi connectivity index (χ4v) is 1.94. The van der Waals surface area contributed by atoms with Gasteiger partial charge in [-0.15, -0.1) is 0 Å². The molecule has 3 amide bonds. The number of hydrogen-bond donors (Lipinski definition) is 1. The number of hydrogen-bond acceptors (Lipinski definition) is 2. The molecule has 0 atom stereocenters. The molecule has 4 heteroatoms. The Hall–Kier alpha value is -1.06. The van der Waals surface area contributed by atoms with E-state index < -0.39 is 0 Å². The van der Waals surface area contributed by atoms with Gasteiger partial charge in [0.1, 0.15) is 0 Å². The van der Waals surface area contributed by atoms with Crippen molar-refractivity contribution in [1.82, 2.24) is 10.2 Å². The molecule has 0 radical (unpaired) electrons. The lowest BCUT2D eigenvalue weighted by atomic mass is 10.2. The van der Waals surface area contributed by atoms with Crippen LogP contribution in [0, 0.1) is 0 Å². The zero-order chi connectivity index (χ0) is 14.5. The second-order valence-electron chi connectivity index (χ2n) is 5.02. The third-order valence-corrected chi connectivity index (χ3v) is 3.17. The standard InChI is InChI=1S/C15H30N2O2/c1-4-6-8-10-12-16-15(19)17(14(3)18)13-11-9-7-5-2/h4-13H2,1-3H3,(H,16,19).